The van der Waals surface area contributed by atoms with Gasteiger partial charge in [-0.1, -0.05) is 29.3 Å². The Morgan fingerprint density at radius 1 is 1.24 bits per heavy atom. The fraction of sp³-hybridized carbons (Fsp3) is 0.0769. The molecule has 0 atom stereocenters. The molecule has 1 aromatic heterocycles. The maximum absolute atomic E-state index is 11.9. The third kappa shape index (κ3) is 3.32. The van der Waals surface area contributed by atoms with Gasteiger partial charge in [-0.3, -0.25) is 4.79 Å². The van der Waals surface area contributed by atoms with E-state index in [1.165, 1.54) is 23.5 Å². The van der Waals surface area contributed by atoms with Gasteiger partial charge in [0.25, 0.3) is 0 Å². The lowest BCUT2D eigenvalue weighted by atomic mass is 10.2. The first-order chi connectivity index (χ1) is 8.15. The van der Waals surface area contributed by atoms with Crippen LogP contribution in [-0.2, 0) is 0 Å². The van der Waals surface area contributed by atoms with Crippen LogP contribution in [0.3, 0.4) is 0 Å². The summed E-state index contributed by atoms with van der Waals surface area (Å²) in [4.78, 5) is 16.7. The number of nitrogens with zero attached hydrogens (tertiary/aromatic N) is 1. The van der Waals surface area contributed by atoms with E-state index in [1.54, 1.807) is 12.1 Å². The molecule has 0 unspecified atom stereocenters. The molecule has 0 aliphatic rings. The van der Waals surface area contributed by atoms with Crippen LogP contribution in [0.2, 0.25) is 5.15 Å². The van der Waals surface area contributed by atoms with Gasteiger partial charge in [-0.05, 0) is 43.0 Å². The predicted octanol–water partition coefficient (Wildman–Crippen LogP) is 3.98. The van der Waals surface area contributed by atoms with Gasteiger partial charge in [0.15, 0.2) is 0 Å². The number of thioether (sulfide) groups is 1. The predicted molar refractivity (Wildman–Crippen MR) is 70.6 cm³/mol. The Bertz CT molecular complexity index is 539. The van der Waals surface area contributed by atoms with E-state index >= 15 is 0 Å². The quantitative estimate of drug-likeness (QED) is 0.606. The lowest BCUT2D eigenvalue weighted by Gasteiger charge is -2.01. The van der Waals surface area contributed by atoms with Crippen molar-refractivity contribution in [1.82, 2.24) is 4.98 Å². The van der Waals surface area contributed by atoms with Crippen LogP contribution in [0.25, 0.3) is 0 Å². The number of hydrogen-bond donors (Lipinski definition) is 0. The molecule has 2 rings (SSSR count). The van der Waals surface area contributed by atoms with Crippen LogP contribution in [0.1, 0.15) is 15.9 Å². The van der Waals surface area contributed by atoms with Crippen molar-refractivity contribution in [2.45, 2.75) is 11.8 Å². The minimum absolute atomic E-state index is 0.0295. The van der Waals surface area contributed by atoms with E-state index in [-0.39, 0.29) is 5.12 Å². The molecule has 0 saturated carbocycles. The zero-order valence-electron chi connectivity index (χ0n) is 9.18. The van der Waals surface area contributed by atoms with Crippen molar-refractivity contribution in [2.75, 3.05) is 0 Å². The zero-order chi connectivity index (χ0) is 12.3. The number of halogens is 1. The highest BCUT2D eigenvalue weighted by molar-refractivity contribution is 8.14. The summed E-state index contributed by atoms with van der Waals surface area (Å²) in [5.74, 6) is 0. The summed E-state index contributed by atoms with van der Waals surface area (Å²) in [6.45, 7) is 2.01. The van der Waals surface area contributed by atoms with Gasteiger partial charge in [0.1, 0.15) is 5.15 Å². The average Bonchev–Trinajstić information content (AvgIpc) is 2.32. The standard InChI is InChI=1S/C13H10ClNOS/c1-9-2-4-11(5-3-9)17-13(16)10-6-7-15-12(14)8-10/h2-8H,1H3. The van der Waals surface area contributed by atoms with E-state index in [1.807, 2.05) is 31.2 Å². The number of aromatic nitrogens is 1. The summed E-state index contributed by atoms with van der Waals surface area (Å²) >= 11 is 6.93. The summed E-state index contributed by atoms with van der Waals surface area (Å²) in [5, 5.41) is 0.304. The molecule has 1 aromatic carbocycles. The highest BCUT2D eigenvalue weighted by Gasteiger charge is 2.08. The van der Waals surface area contributed by atoms with Crippen molar-refractivity contribution in [1.29, 1.82) is 0 Å². The summed E-state index contributed by atoms with van der Waals surface area (Å²) < 4.78 is 0. The Morgan fingerprint density at radius 2 is 1.94 bits per heavy atom. The molecule has 0 bridgehead atoms. The second-order valence-electron chi connectivity index (χ2n) is 3.57. The maximum Gasteiger partial charge on any atom is 0.224 e. The molecule has 1 heterocycles. The van der Waals surface area contributed by atoms with E-state index in [0.29, 0.717) is 10.7 Å². The minimum Gasteiger partial charge on any atom is -0.281 e. The van der Waals surface area contributed by atoms with Crippen LogP contribution in [0.4, 0.5) is 0 Å². The Morgan fingerprint density at radius 3 is 2.59 bits per heavy atom. The molecule has 0 spiro atoms. The molecule has 0 fully saturated rings. The van der Waals surface area contributed by atoms with Crippen molar-refractivity contribution in [3.8, 4) is 0 Å². The molecule has 0 amide bonds. The lowest BCUT2D eigenvalue weighted by Crippen LogP contribution is -1.93. The Hall–Kier alpha value is -1.32. The number of carbonyl (C=O) groups is 1. The molecule has 0 saturated heterocycles. The number of rotatable bonds is 2. The van der Waals surface area contributed by atoms with Crippen molar-refractivity contribution in [2.24, 2.45) is 0 Å². The van der Waals surface area contributed by atoms with Gasteiger partial charge in [0, 0.05) is 16.7 Å². The van der Waals surface area contributed by atoms with Crippen LogP contribution in [-0.4, -0.2) is 10.1 Å². The third-order valence-electron chi connectivity index (χ3n) is 2.19. The summed E-state index contributed by atoms with van der Waals surface area (Å²) in [5.41, 5.74) is 1.74. The van der Waals surface area contributed by atoms with E-state index in [0.717, 1.165) is 4.90 Å². The summed E-state index contributed by atoms with van der Waals surface area (Å²) in [6.07, 6.45) is 1.53. The first-order valence-corrected chi connectivity index (χ1v) is 6.25. The van der Waals surface area contributed by atoms with Crippen LogP contribution in [0.5, 0.6) is 0 Å². The zero-order valence-corrected chi connectivity index (χ0v) is 10.8. The second kappa shape index (κ2) is 5.34. The molecule has 86 valence electrons. The average molecular weight is 264 g/mol. The number of benzene rings is 1. The van der Waals surface area contributed by atoms with Gasteiger partial charge in [-0.15, -0.1) is 0 Å². The SMILES string of the molecule is Cc1ccc(SC(=O)c2ccnc(Cl)c2)cc1. The van der Waals surface area contributed by atoms with E-state index < -0.39 is 0 Å². The third-order valence-corrected chi connectivity index (χ3v) is 3.33. The fourth-order valence-electron chi connectivity index (χ4n) is 1.30. The maximum atomic E-state index is 11.9. The molecular weight excluding hydrogens is 254 g/mol. The van der Waals surface area contributed by atoms with Gasteiger partial charge in [0.2, 0.25) is 5.12 Å². The molecular formula is C13H10ClNOS. The van der Waals surface area contributed by atoms with Gasteiger partial charge >= 0.3 is 0 Å². The van der Waals surface area contributed by atoms with Crippen molar-refractivity contribution < 1.29 is 4.79 Å². The molecule has 0 aliphatic heterocycles. The number of carbonyl (C=O) groups excluding carboxylic acids is 1. The summed E-state index contributed by atoms with van der Waals surface area (Å²) in [7, 11) is 0. The first kappa shape index (κ1) is 12.1. The lowest BCUT2D eigenvalue weighted by molar-refractivity contribution is 0.108. The highest BCUT2D eigenvalue weighted by atomic mass is 35.5. The molecule has 0 radical (unpaired) electrons. The van der Waals surface area contributed by atoms with Gasteiger partial charge in [0.05, 0.1) is 0 Å². The largest absolute Gasteiger partial charge is 0.281 e. The number of hydrogen-bond acceptors (Lipinski definition) is 3. The minimum atomic E-state index is -0.0295. The van der Waals surface area contributed by atoms with E-state index in [4.69, 9.17) is 11.6 Å². The van der Waals surface area contributed by atoms with Crippen LogP contribution < -0.4 is 0 Å². The Balaban J connectivity index is 2.14. The molecule has 2 nitrogen and oxygen atoms in total. The van der Waals surface area contributed by atoms with E-state index in [9.17, 15) is 4.79 Å². The number of pyridine rings is 1. The van der Waals surface area contributed by atoms with E-state index in [2.05, 4.69) is 4.98 Å². The topological polar surface area (TPSA) is 30.0 Å². The molecule has 0 aliphatic carbocycles. The van der Waals surface area contributed by atoms with Gasteiger partial charge in [-0.2, -0.15) is 0 Å². The number of aryl methyl sites for hydroxylation is 1. The fourth-order valence-corrected chi connectivity index (χ4v) is 2.21. The molecule has 4 heteroatoms. The molecule has 2 aromatic rings. The molecule has 0 N–H and O–H groups in total. The normalized spacial score (nSPS) is 10.2. The first-order valence-electron chi connectivity index (χ1n) is 5.05. The van der Waals surface area contributed by atoms with Crippen LogP contribution in [0, 0.1) is 6.92 Å². The Kier molecular flexibility index (Phi) is 3.82. The smallest absolute Gasteiger partial charge is 0.224 e. The van der Waals surface area contributed by atoms with Crippen LogP contribution >= 0.6 is 23.4 Å². The summed E-state index contributed by atoms with van der Waals surface area (Å²) in [6, 6.07) is 11.1. The van der Waals surface area contributed by atoms with Gasteiger partial charge in [-0.25, -0.2) is 4.98 Å². The monoisotopic (exact) mass is 263 g/mol. The molecule has 17 heavy (non-hydrogen) atoms. The van der Waals surface area contributed by atoms with Crippen molar-refractivity contribution >= 4 is 28.5 Å². The van der Waals surface area contributed by atoms with Crippen LogP contribution in [0.15, 0.2) is 47.5 Å². The van der Waals surface area contributed by atoms with Gasteiger partial charge < -0.3 is 0 Å². The van der Waals surface area contributed by atoms with Crippen molar-refractivity contribution in [3.05, 3.63) is 58.9 Å². The second-order valence-corrected chi connectivity index (χ2v) is 5.00. The highest BCUT2D eigenvalue weighted by Crippen LogP contribution is 2.23. The van der Waals surface area contributed by atoms with Crippen molar-refractivity contribution in [3.63, 3.8) is 0 Å². The Labute approximate surface area is 109 Å².